The predicted molar refractivity (Wildman–Crippen MR) is 61.0 cm³/mol. The average Bonchev–Trinajstić information content (AvgIpc) is 2.12. The van der Waals surface area contributed by atoms with Gasteiger partial charge in [0.25, 0.3) is 0 Å². The van der Waals surface area contributed by atoms with Crippen LogP contribution in [0.15, 0.2) is 23.1 Å². The van der Waals surface area contributed by atoms with Crippen LogP contribution < -0.4 is 0 Å². The van der Waals surface area contributed by atoms with Gasteiger partial charge in [0.05, 0.1) is 10.3 Å². The minimum absolute atomic E-state index is 0.117. The lowest BCUT2D eigenvalue weighted by Gasteiger charge is -2.44. The van der Waals surface area contributed by atoms with Gasteiger partial charge < -0.3 is 0 Å². The van der Waals surface area contributed by atoms with E-state index >= 15 is 0 Å². The van der Waals surface area contributed by atoms with E-state index < -0.39 is 22.3 Å². The van der Waals surface area contributed by atoms with Crippen molar-refractivity contribution in [3.05, 3.63) is 35.7 Å². The molecule has 0 amide bonds. The molecule has 0 N–H and O–H groups in total. The Labute approximate surface area is 105 Å². The summed E-state index contributed by atoms with van der Waals surface area (Å²) in [5.41, 5.74) is -1.78. The fourth-order valence-corrected chi connectivity index (χ4v) is 3.17. The van der Waals surface area contributed by atoms with Gasteiger partial charge in [-0.15, -0.1) is 0 Å². The van der Waals surface area contributed by atoms with Gasteiger partial charge in [0.2, 0.25) is 0 Å². The van der Waals surface area contributed by atoms with E-state index in [1.807, 2.05) is 0 Å². The quantitative estimate of drug-likeness (QED) is 0.843. The zero-order valence-corrected chi connectivity index (χ0v) is 10.5. The molecule has 1 aliphatic carbocycles. The van der Waals surface area contributed by atoms with Crippen molar-refractivity contribution >= 4 is 10.7 Å². The van der Waals surface area contributed by atoms with Crippen molar-refractivity contribution in [2.75, 3.05) is 0 Å². The smallest absolute Gasteiger partial charge is 0.227 e. The Balaban J connectivity index is 2.68. The van der Waals surface area contributed by atoms with E-state index in [-0.39, 0.29) is 23.3 Å². The van der Waals surface area contributed by atoms with E-state index in [1.54, 1.807) is 0 Å². The molecule has 2 nitrogen and oxygen atoms in total. The van der Waals surface area contributed by atoms with Crippen molar-refractivity contribution in [3.8, 4) is 0 Å². The molecule has 0 spiro atoms. The summed E-state index contributed by atoms with van der Waals surface area (Å²) in [4.78, 5) is -0.182. The first-order valence-corrected chi connectivity index (χ1v) is 6.60. The molecule has 0 heterocycles. The first kappa shape index (κ1) is 13.4. The fraction of sp³-hybridized carbons (Fsp3) is 0.417. The summed E-state index contributed by atoms with van der Waals surface area (Å²) in [5, 5.41) is 0. The molecule has 0 aromatic heterocycles. The molecule has 6 heteroatoms. The third-order valence-corrected chi connectivity index (χ3v) is 4.42. The number of rotatable bonds is 2. The van der Waals surface area contributed by atoms with Gasteiger partial charge in [0, 0.05) is 0 Å². The standard InChI is InChI=1S/C12H12F3O2S/c1-8-4-2-5-9(10(8)18(16)17)11(6-3-7-11)12(13,14)15/h2-5,18H,6-7H2,1H3. The van der Waals surface area contributed by atoms with Crippen molar-refractivity contribution in [2.45, 2.75) is 36.3 Å². The van der Waals surface area contributed by atoms with Crippen molar-refractivity contribution < 1.29 is 21.6 Å². The molecule has 0 saturated heterocycles. The largest absolute Gasteiger partial charge is 0.398 e. The van der Waals surface area contributed by atoms with Crippen LogP contribution in [0.5, 0.6) is 0 Å². The molecule has 18 heavy (non-hydrogen) atoms. The van der Waals surface area contributed by atoms with Crippen LogP contribution in [-0.2, 0) is 16.1 Å². The van der Waals surface area contributed by atoms with Gasteiger partial charge in [-0.2, -0.15) is 13.2 Å². The highest BCUT2D eigenvalue weighted by molar-refractivity contribution is 7.72. The monoisotopic (exact) mass is 277 g/mol. The Kier molecular flexibility index (Phi) is 3.17. The van der Waals surface area contributed by atoms with Gasteiger partial charge in [-0.1, -0.05) is 18.2 Å². The normalized spacial score (nSPS) is 18.7. The molecule has 1 fully saturated rings. The van der Waals surface area contributed by atoms with E-state index in [9.17, 15) is 21.6 Å². The Hall–Kier alpha value is -1.04. The first-order chi connectivity index (χ1) is 8.29. The fourth-order valence-electron chi connectivity index (χ4n) is 2.32. The summed E-state index contributed by atoms with van der Waals surface area (Å²) in [5.74, 6) is 0. The van der Waals surface area contributed by atoms with Crippen molar-refractivity contribution in [3.63, 3.8) is 0 Å². The molecule has 0 bridgehead atoms. The summed E-state index contributed by atoms with van der Waals surface area (Å²) >= 11 is 0. The molecule has 1 aliphatic rings. The van der Waals surface area contributed by atoms with Gasteiger partial charge in [-0.3, -0.25) is 0 Å². The SMILES string of the molecule is Cc1cccc(C2(C(F)(F)F)C[CH]C2)c1[SH](=O)=O. The van der Waals surface area contributed by atoms with Crippen molar-refractivity contribution in [2.24, 2.45) is 0 Å². The number of aryl methyl sites for hydroxylation is 1. The third-order valence-electron chi connectivity index (χ3n) is 3.46. The molecule has 99 valence electrons. The number of hydrogen-bond acceptors (Lipinski definition) is 2. The summed E-state index contributed by atoms with van der Waals surface area (Å²) < 4.78 is 62.0. The lowest BCUT2D eigenvalue weighted by Crippen LogP contribution is -2.48. The number of hydrogen-bond donors (Lipinski definition) is 1. The van der Waals surface area contributed by atoms with E-state index in [0.29, 0.717) is 5.56 Å². The van der Waals surface area contributed by atoms with Crippen LogP contribution in [0.25, 0.3) is 0 Å². The van der Waals surface area contributed by atoms with E-state index in [2.05, 4.69) is 0 Å². The molecule has 1 saturated carbocycles. The minimum Gasteiger partial charge on any atom is -0.227 e. The van der Waals surface area contributed by atoms with Crippen molar-refractivity contribution in [1.82, 2.24) is 0 Å². The van der Waals surface area contributed by atoms with Gasteiger partial charge in [0.1, 0.15) is 0 Å². The summed E-state index contributed by atoms with van der Waals surface area (Å²) in [6, 6.07) is 4.25. The Morgan fingerprint density at radius 3 is 2.22 bits per heavy atom. The molecular weight excluding hydrogens is 265 g/mol. The first-order valence-electron chi connectivity index (χ1n) is 5.42. The van der Waals surface area contributed by atoms with Crippen LogP contribution in [0.1, 0.15) is 24.0 Å². The predicted octanol–water partition coefficient (Wildman–Crippen LogP) is 2.76. The third kappa shape index (κ3) is 1.83. The second kappa shape index (κ2) is 4.26. The van der Waals surface area contributed by atoms with Crippen LogP contribution in [0.3, 0.4) is 0 Å². The average molecular weight is 277 g/mol. The second-order valence-corrected chi connectivity index (χ2v) is 5.47. The number of thiol groups is 1. The summed E-state index contributed by atoms with van der Waals surface area (Å²) in [7, 11) is -3.03. The Morgan fingerprint density at radius 1 is 1.22 bits per heavy atom. The molecular formula is C12H12F3O2S. The lowest BCUT2D eigenvalue weighted by atomic mass is 9.63. The maximum atomic E-state index is 13.2. The van der Waals surface area contributed by atoms with Gasteiger partial charge in [0.15, 0.2) is 10.7 Å². The maximum absolute atomic E-state index is 13.2. The van der Waals surface area contributed by atoms with Crippen LogP contribution in [0, 0.1) is 13.3 Å². The zero-order chi connectivity index (χ0) is 13.6. The number of alkyl halides is 3. The molecule has 0 aliphatic heterocycles. The van der Waals surface area contributed by atoms with Crippen molar-refractivity contribution in [1.29, 1.82) is 0 Å². The highest BCUT2D eigenvalue weighted by Crippen LogP contribution is 2.55. The highest BCUT2D eigenvalue weighted by Gasteiger charge is 2.60. The van der Waals surface area contributed by atoms with E-state index in [4.69, 9.17) is 0 Å². The molecule has 0 atom stereocenters. The van der Waals surface area contributed by atoms with Crippen LogP contribution in [-0.4, -0.2) is 14.6 Å². The van der Waals surface area contributed by atoms with Crippen LogP contribution >= 0.6 is 0 Å². The Bertz CT molecular complexity index is 535. The molecule has 2 rings (SSSR count). The number of benzene rings is 1. The topological polar surface area (TPSA) is 34.1 Å². The molecule has 1 radical (unpaired) electrons. The lowest BCUT2D eigenvalue weighted by molar-refractivity contribution is -0.204. The zero-order valence-electron chi connectivity index (χ0n) is 9.62. The molecule has 1 aromatic rings. The van der Waals surface area contributed by atoms with Gasteiger partial charge >= 0.3 is 6.18 Å². The summed E-state index contributed by atoms with van der Waals surface area (Å²) in [6.07, 6.45) is -3.22. The molecule has 1 aromatic carbocycles. The minimum atomic E-state index is -4.43. The Morgan fingerprint density at radius 2 is 1.83 bits per heavy atom. The highest BCUT2D eigenvalue weighted by atomic mass is 32.2. The molecule has 0 unspecified atom stereocenters. The van der Waals surface area contributed by atoms with Crippen LogP contribution in [0.2, 0.25) is 0 Å². The van der Waals surface area contributed by atoms with Crippen LogP contribution in [0.4, 0.5) is 13.2 Å². The van der Waals surface area contributed by atoms with E-state index in [1.165, 1.54) is 31.5 Å². The maximum Gasteiger partial charge on any atom is 0.398 e. The number of halogens is 3. The summed E-state index contributed by atoms with van der Waals surface area (Å²) in [6.45, 7) is 1.51. The van der Waals surface area contributed by atoms with E-state index in [0.717, 1.165) is 0 Å². The van der Waals surface area contributed by atoms with Gasteiger partial charge in [-0.05, 0) is 37.3 Å². The van der Waals surface area contributed by atoms with Gasteiger partial charge in [-0.25, -0.2) is 8.42 Å². The second-order valence-electron chi connectivity index (χ2n) is 4.50.